The van der Waals surface area contributed by atoms with E-state index in [9.17, 15) is 4.57 Å². The van der Waals surface area contributed by atoms with E-state index in [4.69, 9.17) is 9.05 Å². The molecule has 0 saturated heterocycles. The van der Waals surface area contributed by atoms with E-state index in [-0.39, 0.29) is 0 Å². The molecule has 0 aliphatic heterocycles. The molecular weight excluding hydrogens is 307 g/mol. The Morgan fingerprint density at radius 2 is 1.43 bits per heavy atom. The highest BCUT2D eigenvalue weighted by Crippen LogP contribution is 2.66. The Morgan fingerprint density at radius 1 is 0.826 bits per heavy atom. The average molecular weight is 326 g/mol. The molecule has 1 aliphatic rings. The number of benzene rings is 2. The molecule has 3 rings (SSSR count). The fourth-order valence-corrected chi connectivity index (χ4v) is 4.68. The van der Waals surface area contributed by atoms with Crippen LogP contribution in [0.15, 0.2) is 78.9 Å². The van der Waals surface area contributed by atoms with Gasteiger partial charge in [0.2, 0.25) is 0 Å². The van der Waals surface area contributed by atoms with Gasteiger partial charge in [-0.15, -0.1) is 0 Å². The minimum absolute atomic E-state index is 0.874. The Kier molecular flexibility index (Phi) is 4.36. The van der Waals surface area contributed by atoms with Gasteiger partial charge < -0.3 is 9.05 Å². The third-order valence-electron chi connectivity index (χ3n) is 4.18. The first-order chi connectivity index (χ1) is 11.1. The Hall–Kier alpha value is -1.93. The number of rotatable bonds is 4. The van der Waals surface area contributed by atoms with E-state index in [2.05, 4.69) is 6.07 Å². The summed E-state index contributed by atoms with van der Waals surface area (Å²) in [6, 6.07) is 14.1. The van der Waals surface area contributed by atoms with Gasteiger partial charge in [-0.25, -0.2) is 0 Å². The molecule has 4 heteroatoms. The van der Waals surface area contributed by atoms with E-state index in [0.717, 1.165) is 16.3 Å². The molecular formula is C19H19O3P. The van der Waals surface area contributed by atoms with E-state index in [1.165, 1.54) is 14.2 Å². The second-order valence-corrected chi connectivity index (χ2v) is 7.82. The molecule has 0 bridgehead atoms. The van der Waals surface area contributed by atoms with Crippen LogP contribution in [0.4, 0.5) is 0 Å². The van der Waals surface area contributed by atoms with Gasteiger partial charge in [0.1, 0.15) is 5.16 Å². The number of hydrogen-bond acceptors (Lipinski definition) is 3. The van der Waals surface area contributed by atoms with Crippen LogP contribution in [-0.4, -0.2) is 14.2 Å². The van der Waals surface area contributed by atoms with E-state index in [1.54, 1.807) is 0 Å². The van der Waals surface area contributed by atoms with Crippen LogP contribution in [0.1, 0.15) is 5.56 Å². The lowest BCUT2D eigenvalue weighted by molar-refractivity contribution is 0.261. The summed E-state index contributed by atoms with van der Waals surface area (Å²) in [6.45, 7) is 0. The van der Waals surface area contributed by atoms with Crippen LogP contribution in [0.5, 0.6) is 0 Å². The molecule has 0 amide bonds. The summed E-state index contributed by atoms with van der Waals surface area (Å²) in [5.74, 6) is 0. The average Bonchev–Trinajstić information content (AvgIpc) is 2.88. The highest BCUT2D eigenvalue weighted by molar-refractivity contribution is 7.55. The molecule has 1 aliphatic carbocycles. The molecule has 118 valence electrons. The third-order valence-corrected chi connectivity index (χ3v) is 6.60. The Bertz CT molecular complexity index is 825. The molecule has 23 heavy (non-hydrogen) atoms. The first-order valence-electron chi connectivity index (χ1n) is 7.40. The zero-order valence-corrected chi connectivity index (χ0v) is 14.1. The van der Waals surface area contributed by atoms with Crippen LogP contribution < -0.4 is 0 Å². The lowest BCUT2D eigenvalue weighted by Crippen LogP contribution is -2.23. The zero-order valence-electron chi connectivity index (χ0n) is 13.2. The van der Waals surface area contributed by atoms with Crippen molar-refractivity contribution < 1.29 is 13.6 Å². The number of hydrogen-bond donors (Lipinski definition) is 0. The van der Waals surface area contributed by atoms with Gasteiger partial charge in [0.25, 0.3) is 0 Å². The largest absolute Gasteiger partial charge is 0.348 e. The van der Waals surface area contributed by atoms with Crippen molar-refractivity contribution in [2.45, 2.75) is 5.16 Å². The van der Waals surface area contributed by atoms with Gasteiger partial charge in [0.15, 0.2) is 0 Å². The monoisotopic (exact) mass is 326 g/mol. The van der Waals surface area contributed by atoms with Crippen LogP contribution >= 0.6 is 7.60 Å². The van der Waals surface area contributed by atoms with Gasteiger partial charge in [-0.05, 0) is 22.4 Å². The van der Waals surface area contributed by atoms with Crippen molar-refractivity contribution in [3.63, 3.8) is 0 Å². The van der Waals surface area contributed by atoms with E-state index >= 15 is 0 Å². The predicted octanol–water partition coefficient (Wildman–Crippen LogP) is 5.20. The standard InChI is InChI=1S/C19H19O3P/c1-21-23(20,22-2)19(13-7-3-4-8-14-19)18-12-11-16-9-5-6-10-17(16)15-18/h3-15H,1-2H3. The van der Waals surface area contributed by atoms with Crippen molar-refractivity contribution in [1.29, 1.82) is 0 Å². The van der Waals surface area contributed by atoms with Crippen LogP contribution in [0.25, 0.3) is 10.8 Å². The van der Waals surface area contributed by atoms with Gasteiger partial charge >= 0.3 is 7.60 Å². The van der Waals surface area contributed by atoms with Crippen molar-refractivity contribution in [3.05, 3.63) is 84.5 Å². The normalized spacial score (nSPS) is 16.6. The van der Waals surface area contributed by atoms with E-state index < -0.39 is 12.8 Å². The van der Waals surface area contributed by atoms with Gasteiger partial charge in [0, 0.05) is 14.2 Å². The molecule has 0 N–H and O–H groups in total. The second-order valence-electron chi connectivity index (χ2n) is 5.35. The Labute approximate surface area is 136 Å². The van der Waals surface area contributed by atoms with Gasteiger partial charge in [0.05, 0.1) is 0 Å². The van der Waals surface area contributed by atoms with Crippen molar-refractivity contribution in [2.75, 3.05) is 14.2 Å². The highest BCUT2D eigenvalue weighted by atomic mass is 31.2. The quantitative estimate of drug-likeness (QED) is 0.724. The molecule has 0 heterocycles. The molecule has 0 atom stereocenters. The number of allylic oxidation sites excluding steroid dienone is 6. The maximum atomic E-state index is 13.3. The smallest absolute Gasteiger partial charge is 0.311 e. The van der Waals surface area contributed by atoms with Crippen LogP contribution in [-0.2, 0) is 18.8 Å². The lowest BCUT2D eigenvalue weighted by Gasteiger charge is -2.33. The molecule has 2 aromatic carbocycles. The summed E-state index contributed by atoms with van der Waals surface area (Å²) in [4.78, 5) is 0. The van der Waals surface area contributed by atoms with Crippen molar-refractivity contribution in [2.24, 2.45) is 0 Å². The maximum Gasteiger partial charge on any atom is 0.348 e. The summed E-state index contributed by atoms with van der Waals surface area (Å²) in [5, 5.41) is 1.27. The summed E-state index contributed by atoms with van der Waals surface area (Å²) in [6.07, 6.45) is 11.3. The number of fused-ring (bicyclic) bond motifs is 1. The van der Waals surface area contributed by atoms with Crippen LogP contribution in [0.3, 0.4) is 0 Å². The lowest BCUT2D eigenvalue weighted by atomic mass is 9.94. The Morgan fingerprint density at radius 3 is 2.04 bits per heavy atom. The minimum Gasteiger partial charge on any atom is -0.311 e. The first-order valence-corrected chi connectivity index (χ1v) is 8.94. The summed E-state index contributed by atoms with van der Waals surface area (Å²) in [7, 11) is -0.581. The molecule has 0 aromatic heterocycles. The molecule has 0 unspecified atom stereocenters. The van der Waals surface area contributed by atoms with Gasteiger partial charge in [-0.2, -0.15) is 0 Å². The topological polar surface area (TPSA) is 35.5 Å². The Balaban J connectivity index is 2.28. The van der Waals surface area contributed by atoms with Crippen LogP contribution in [0, 0.1) is 0 Å². The van der Waals surface area contributed by atoms with Crippen molar-refractivity contribution in [1.82, 2.24) is 0 Å². The van der Waals surface area contributed by atoms with Gasteiger partial charge in [-0.3, -0.25) is 4.57 Å². The molecule has 0 saturated carbocycles. The van der Waals surface area contributed by atoms with E-state index in [1.807, 2.05) is 72.9 Å². The molecule has 2 aromatic rings. The molecule has 0 radical (unpaired) electrons. The molecule has 0 spiro atoms. The summed E-state index contributed by atoms with van der Waals surface area (Å²) in [5.41, 5.74) is 0.874. The highest BCUT2D eigenvalue weighted by Gasteiger charge is 2.48. The first kappa shape index (κ1) is 15.9. The third kappa shape index (κ3) is 2.61. The SMILES string of the molecule is COP(=O)(OC)C1(c2ccc3ccccc3c2)C=CC=CC=C1. The van der Waals surface area contributed by atoms with E-state index in [0.29, 0.717) is 0 Å². The fraction of sp³-hybridized carbons (Fsp3) is 0.158. The van der Waals surface area contributed by atoms with Crippen molar-refractivity contribution >= 4 is 18.4 Å². The van der Waals surface area contributed by atoms with Crippen LogP contribution in [0.2, 0.25) is 0 Å². The molecule has 0 fully saturated rings. The van der Waals surface area contributed by atoms with Gasteiger partial charge in [-0.1, -0.05) is 72.9 Å². The maximum absolute atomic E-state index is 13.3. The fourth-order valence-electron chi connectivity index (χ4n) is 2.94. The zero-order chi connectivity index (χ0) is 16.3. The summed E-state index contributed by atoms with van der Waals surface area (Å²) < 4.78 is 24.1. The minimum atomic E-state index is -3.43. The second kappa shape index (κ2) is 6.29. The predicted molar refractivity (Wildman–Crippen MR) is 94.7 cm³/mol. The van der Waals surface area contributed by atoms with Crippen molar-refractivity contribution in [3.8, 4) is 0 Å². The molecule has 3 nitrogen and oxygen atoms in total. The summed E-state index contributed by atoms with van der Waals surface area (Å²) >= 11 is 0.